The third-order valence-electron chi connectivity index (χ3n) is 3.57. The smallest absolute Gasteiger partial charge is 0.348 e. The van der Waals surface area contributed by atoms with Crippen molar-refractivity contribution in [3.8, 4) is 5.75 Å². The molecule has 3 aromatic rings. The summed E-state index contributed by atoms with van der Waals surface area (Å²) in [6.45, 7) is 3.70. The van der Waals surface area contributed by atoms with Crippen molar-refractivity contribution >= 4 is 50.7 Å². The lowest BCUT2D eigenvalue weighted by atomic mass is 10.2. The van der Waals surface area contributed by atoms with Gasteiger partial charge in [0.05, 0.1) is 17.0 Å². The van der Waals surface area contributed by atoms with Crippen molar-refractivity contribution in [2.75, 3.05) is 6.61 Å². The van der Waals surface area contributed by atoms with Crippen LogP contribution in [0.5, 0.6) is 5.75 Å². The fourth-order valence-corrected chi connectivity index (χ4v) is 3.94. The number of rotatable bonds is 5. The molecule has 3 rings (SSSR count). The summed E-state index contributed by atoms with van der Waals surface area (Å²) in [5.74, 6) is 0.289. The molecule has 0 aliphatic heterocycles. The monoisotopic (exact) mass is 412 g/mol. The Bertz CT molecular complexity index is 1050. The number of aryl methyl sites for hydroxylation is 1. The van der Waals surface area contributed by atoms with Gasteiger partial charge in [0.15, 0.2) is 0 Å². The molecule has 0 radical (unpaired) electrons. The molecule has 1 aromatic carbocycles. The molecule has 0 spiro atoms. The zero-order valence-corrected chi connectivity index (χ0v) is 16.2. The summed E-state index contributed by atoms with van der Waals surface area (Å²) in [6, 6.07) is 4.85. The zero-order chi connectivity index (χ0) is 18.8. The minimum Gasteiger partial charge on any atom is -0.484 e. The molecule has 0 amide bonds. The first-order valence-corrected chi connectivity index (χ1v) is 9.25. The lowest BCUT2D eigenvalue weighted by Crippen LogP contribution is -2.13. The molecule has 1 N–H and O–H groups in total. The summed E-state index contributed by atoms with van der Waals surface area (Å²) in [5, 5.41) is 1.24. The van der Waals surface area contributed by atoms with Crippen LogP contribution in [0.4, 0.5) is 0 Å². The minimum atomic E-state index is -0.460. The third kappa shape index (κ3) is 3.70. The van der Waals surface area contributed by atoms with Crippen molar-refractivity contribution in [3.63, 3.8) is 0 Å². The molecule has 0 saturated heterocycles. The van der Waals surface area contributed by atoms with Gasteiger partial charge in [-0.25, -0.2) is 9.78 Å². The molecule has 6 nitrogen and oxygen atoms in total. The molecule has 0 bridgehead atoms. The quantitative estimate of drug-likeness (QED) is 0.629. The van der Waals surface area contributed by atoms with Crippen molar-refractivity contribution in [1.29, 1.82) is 0 Å². The predicted octanol–water partition coefficient (Wildman–Crippen LogP) is 4.36. The maximum Gasteiger partial charge on any atom is 0.348 e. The van der Waals surface area contributed by atoms with Gasteiger partial charge in [0.1, 0.15) is 27.9 Å². The summed E-state index contributed by atoms with van der Waals surface area (Å²) in [4.78, 5) is 32.3. The number of thiophene rings is 1. The number of benzene rings is 1. The van der Waals surface area contributed by atoms with E-state index in [4.69, 9.17) is 32.7 Å². The molecule has 26 heavy (non-hydrogen) atoms. The van der Waals surface area contributed by atoms with Crippen LogP contribution in [0.1, 0.15) is 28.0 Å². The number of hydrogen-bond donors (Lipinski definition) is 1. The van der Waals surface area contributed by atoms with Crippen LogP contribution in [-0.4, -0.2) is 22.5 Å². The van der Waals surface area contributed by atoms with Gasteiger partial charge in [-0.1, -0.05) is 23.2 Å². The topological polar surface area (TPSA) is 81.3 Å². The van der Waals surface area contributed by atoms with E-state index in [-0.39, 0.29) is 18.8 Å². The number of H-pyrrole nitrogens is 1. The first-order chi connectivity index (χ1) is 12.4. The van der Waals surface area contributed by atoms with E-state index in [0.29, 0.717) is 42.3 Å². The molecule has 0 unspecified atom stereocenters. The van der Waals surface area contributed by atoms with Crippen molar-refractivity contribution in [1.82, 2.24) is 9.97 Å². The Morgan fingerprint density at radius 2 is 2.12 bits per heavy atom. The highest BCUT2D eigenvalue weighted by molar-refractivity contribution is 7.20. The molecule has 9 heteroatoms. The highest BCUT2D eigenvalue weighted by atomic mass is 35.5. The maximum atomic E-state index is 12.4. The standard InChI is InChI=1S/C17H14Cl2N2O4S/c1-3-24-17(23)14-8(2)13-15(22)20-12(21-16(13)26-14)7-25-11-5-4-9(18)6-10(11)19/h4-6H,3,7H2,1-2H3,(H,20,21,22). The number of fused-ring (bicyclic) bond motifs is 1. The van der Waals surface area contributed by atoms with Crippen molar-refractivity contribution in [3.05, 3.63) is 54.9 Å². The van der Waals surface area contributed by atoms with Gasteiger partial charge in [0.2, 0.25) is 0 Å². The number of nitrogens with zero attached hydrogens (tertiary/aromatic N) is 1. The van der Waals surface area contributed by atoms with E-state index in [0.717, 1.165) is 11.3 Å². The van der Waals surface area contributed by atoms with E-state index in [1.807, 2.05) is 0 Å². The van der Waals surface area contributed by atoms with Crippen LogP contribution in [0, 0.1) is 6.92 Å². The van der Waals surface area contributed by atoms with Crippen LogP contribution >= 0.6 is 34.5 Å². The number of carbonyl (C=O) groups excluding carboxylic acids is 1. The van der Waals surface area contributed by atoms with E-state index in [1.165, 1.54) is 0 Å². The highest BCUT2D eigenvalue weighted by Crippen LogP contribution is 2.29. The van der Waals surface area contributed by atoms with Crippen molar-refractivity contribution in [2.24, 2.45) is 0 Å². The second kappa shape index (κ2) is 7.65. The summed E-state index contributed by atoms with van der Waals surface area (Å²) in [7, 11) is 0. The van der Waals surface area contributed by atoms with Gasteiger partial charge in [-0.05, 0) is 37.6 Å². The van der Waals surface area contributed by atoms with Gasteiger partial charge < -0.3 is 14.5 Å². The molecule has 0 aliphatic rings. The van der Waals surface area contributed by atoms with Gasteiger partial charge in [0, 0.05) is 5.02 Å². The number of aromatic nitrogens is 2. The van der Waals surface area contributed by atoms with Gasteiger partial charge in [0.25, 0.3) is 5.56 Å². The second-order valence-electron chi connectivity index (χ2n) is 5.33. The molecule has 0 atom stereocenters. The number of aromatic amines is 1. The molecular formula is C17H14Cl2N2O4S. The Kier molecular flexibility index (Phi) is 5.50. The summed E-state index contributed by atoms with van der Waals surface area (Å²) in [5.41, 5.74) is 0.227. The van der Waals surface area contributed by atoms with Crippen molar-refractivity contribution in [2.45, 2.75) is 20.5 Å². The fourth-order valence-electron chi connectivity index (χ4n) is 2.39. The minimum absolute atomic E-state index is 0.0121. The first kappa shape index (κ1) is 18.7. The summed E-state index contributed by atoms with van der Waals surface area (Å²) >= 11 is 13.0. The maximum absolute atomic E-state index is 12.4. The average molecular weight is 413 g/mol. The number of ether oxygens (including phenoxy) is 2. The molecule has 2 aromatic heterocycles. The van der Waals surface area contributed by atoms with Gasteiger partial charge in [-0.2, -0.15) is 0 Å². The summed E-state index contributed by atoms with van der Waals surface area (Å²) in [6.07, 6.45) is 0. The van der Waals surface area contributed by atoms with E-state index < -0.39 is 5.97 Å². The largest absolute Gasteiger partial charge is 0.484 e. The normalized spacial score (nSPS) is 10.9. The molecule has 0 fully saturated rings. The van der Waals surface area contributed by atoms with Crippen LogP contribution in [0.15, 0.2) is 23.0 Å². The lowest BCUT2D eigenvalue weighted by Gasteiger charge is -2.07. The Labute approximate surface area is 162 Å². The van der Waals surface area contributed by atoms with Crippen molar-refractivity contribution < 1.29 is 14.3 Å². The fraction of sp³-hybridized carbons (Fsp3) is 0.235. The molecule has 0 aliphatic carbocycles. The Morgan fingerprint density at radius 1 is 1.35 bits per heavy atom. The Morgan fingerprint density at radius 3 is 2.81 bits per heavy atom. The van der Waals surface area contributed by atoms with Gasteiger partial charge in [-0.3, -0.25) is 4.79 Å². The van der Waals surface area contributed by atoms with Gasteiger partial charge in [-0.15, -0.1) is 11.3 Å². The van der Waals surface area contributed by atoms with Gasteiger partial charge >= 0.3 is 5.97 Å². The van der Waals surface area contributed by atoms with Crippen LogP contribution in [0.25, 0.3) is 10.2 Å². The molecule has 2 heterocycles. The predicted molar refractivity (Wildman–Crippen MR) is 102 cm³/mol. The summed E-state index contributed by atoms with van der Waals surface area (Å²) < 4.78 is 10.6. The van der Waals surface area contributed by atoms with Crippen LogP contribution < -0.4 is 10.3 Å². The number of nitrogens with one attached hydrogen (secondary N) is 1. The molecular weight excluding hydrogens is 399 g/mol. The third-order valence-corrected chi connectivity index (χ3v) is 5.26. The number of esters is 1. The Balaban J connectivity index is 1.91. The second-order valence-corrected chi connectivity index (χ2v) is 7.18. The number of halogens is 2. The zero-order valence-electron chi connectivity index (χ0n) is 13.9. The number of hydrogen-bond acceptors (Lipinski definition) is 6. The first-order valence-electron chi connectivity index (χ1n) is 7.68. The van der Waals surface area contributed by atoms with Crippen LogP contribution in [0.2, 0.25) is 10.0 Å². The average Bonchev–Trinajstić information content (AvgIpc) is 2.91. The molecule has 136 valence electrons. The molecule has 0 saturated carbocycles. The Hall–Kier alpha value is -2.09. The lowest BCUT2D eigenvalue weighted by molar-refractivity contribution is 0.0531. The van der Waals surface area contributed by atoms with E-state index in [9.17, 15) is 9.59 Å². The van der Waals surface area contributed by atoms with E-state index >= 15 is 0 Å². The number of carbonyl (C=O) groups is 1. The van der Waals surface area contributed by atoms with E-state index in [1.54, 1.807) is 32.0 Å². The van der Waals surface area contributed by atoms with E-state index in [2.05, 4.69) is 9.97 Å². The van der Waals surface area contributed by atoms with Crippen LogP contribution in [-0.2, 0) is 11.3 Å². The van der Waals surface area contributed by atoms with Crippen LogP contribution in [0.3, 0.4) is 0 Å². The SMILES string of the molecule is CCOC(=O)c1sc2nc(COc3ccc(Cl)cc3Cl)[nH]c(=O)c2c1C. The highest BCUT2D eigenvalue weighted by Gasteiger charge is 2.20.